The molecule has 0 bridgehead atoms. The van der Waals surface area contributed by atoms with Crippen molar-refractivity contribution in [3.63, 3.8) is 0 Å². The molecular formula is C3H10BrNO. The number of hydrogen-bond acceptors (Lipinski definition) is 2. The number of hydroxylamine groups is 1. The Hall–Kier alpha value is 0.400. The van der Waals surface area contributed by atoms with Crippen molar-refractivity contribution in [1.29, 1.82) is 0 Å². The molecule has 0 amide bonds. The van der Waals surface area contributed by atoms with Crippen molar-refractivity contribution in [2.75, 3.05) is 6.54 Å². The van der Waals surface area contributed by atoms with Crippen LogP contribution >= 0.6 is 17.0 Å². The topological polar surface area (TPSA) is 32.3 Å². The summed E-state index contributed by atoms with van der Waals surface area (Å²) in [5.74, 6) is 0. The Bertz CT molecular complexity index is 18.3. The van der Waals surface area contributed by atoms with Gasteiger partial charge < -0.3 is 5.21 Å². The quantitative estimate of drug-likeness (QED) is 0.583. The molecule has 0 aliphatic carbocycles. The first kappa shape index (κ1) is 9.64. The van der Waals surface area contributed by atoms with E-state index in [-0.39, 0.29) is 17.0 Å². The van der Waals surface area contributed by atoms with Gasteiger partial charge in [0.15, 0.2) is 0 Å². The molecule has 0 spiro atoms. The third kappa shape index (κ3) is 8.83. The molecule has 0 aliphatic rings. The van der Waals surface area contributed by atoms with Crippen LogP contribution in [-0.4, -0.2) is 11.8 Å². The van der Waals surface area contributed by atoms with E-state index in [2.05, 4.69) is 0 Å². The minimum absolute atomic E-state index is 0. The highest BCUT2D eigenvalue weighted by Gasteiger charge is 1.66. The van der Waals surface area contributed by atoms with Crippen LogP contribution in [0.15, 0.2) is 0 Å². The molecule has 0 rings (SSSR count). The van der Waals surface area contributed by atoms with Crippen LogP contribution in [0.1, 0.15) is 13.3 Å². The van der Waals surface area contributed by atoms with Gasteiger partial charge in [-0.05, 0) is 6.42 Å². The van der Waals surface area contributed by atoms with Crippen molar-refractivity contribution in [1.82, 2.24) is 5.48 Å². The fourth-order valence-corrected chi connectivity index (χ4v) is 0.112. The van der Waals surface area contributed by atoms with Gasteiger partial charge in [0.25, 0.3) is 0 Å². The summed E-state index contributed by atoms with van der Waals surface area (Å²) in [4.78, 5) is 0. The van der Waals surface area contributed by atoms with Crippen LogP contribution in [0.5, 0.6) is 0 Å². The standard InChI is InChI=1S/C3H9NO.BrH/c1-2-3-4-5;/h4-5H,2-3H2,1H3;1H. The van der Waals surface area contributed by atoms with Crippen molar-refractivity contribution in [3.05, 3.63) is 0 Å². The molecule has 2 nitrogen and oxygen atoms in total. The molecule has 3 heteroatoms. The third-order valence-electron chi connectivity index (χ3n) is 0.362. The van der Waals surface area contributed by atoms with E-state index in [0.717, 1.165) is 6.42 Å². The zero-order valence-corrected chi connectivity index (χ0v) is 5.48. The maximum Gasteiger partial charge on any atom is 0.0204 e. The van der Waals surface area contributed by atoms with Gasteiger partial charge in [-0.3, -0.25) is 0 Å². The molecular weight excluding hydrogens is 146 g/mol. The molecule has 0 fully saturated rings. The first-order valence-electron chi connectivity index (χ1n) is 1.78. The average Bonchev–Trinajstić information content (AvgIpc) is 1.41. The highest BCUT2D eigenvalue weighted by Crippen LogP contribution is 1.62. The summed E-state index contributed by atoms with van der Waals surface area (Å²) in [7, 11) is 0. The van der Waals surface area contributed by atoms with Crippen LogP contribution in [0.2, 0.25) is 0 Å². The first-order valence-corrected chi connectivity index (χ1v) is 1.78. The van der Waals surface area contributed by atoms with Gasteiger partial charge in [-0.2, -0.15) is 0 Å². The third-order valence-corrected chi connectivity index (χ3v) is 0.362. The van der Waals surface area contributed by atoms with Crippen LogP contribution in [0, 0.1) is 0 Å². The van der Waals surface area contributed by atoms with Gasteiger partial charge in [0.05, 0.1) is 0 Å². The van der Waals surface area contributed by atoms with Crippen LogP contribution in [-0.2, 0) is 0 Å². The molecule has 6 heavy (non-hydrogen) atoms. The van der Waals surface area contributed by atoms with Crippen LogP contribution in [0.25, 0.3) is 0 Å². The number of halogens is 1. The second-order valence-corrected chi connectivity index (χ2v) is 0.908. The Morgan fingerprint density at radius 2 is 2.17 bits per heavy atom. The van der Waals surface area contributed by atoms with Gasteiger partial charge in [-0.25, -0.2) is 5.48 Å². The molecule has 0 saturated heterocycles. The van der Waals surface area contributed by atoms with E-state index >= 15 is 0 Å². The summed E-state index contributed by atoms with van der Waals surface area (Å²) < 4.78 is 0. The molecule has 0 radical (unpaired) electrons. The van der Waals surface area contributed by atoms with E-state index in [9.17, 15) is 0 Å². The van der Waals surface area contributed by atoms with Crippen molar-refractivity contribution in [2.24, 2.45) is 0 Å². The lowest BCUT2D eigenvalue weighted by Gasteiger charge is -1.83. The smallest absolute Gasteiger partial charge is 0.0204 e. The van der Waals surface area contributed by atoms with E-state index in [1.54, 1.807) is 0 Å². The van der Waals surface area contributed by atoms with Crippen molar-refractivity contribution in [2.45, 2.75) is 13.3 Å². The minimum atomic E-state index is 0. The van der Waals surface area contributed by atoms with E-state index in [1.165, 1.54) is 0 Å². The Balaban J connectivity index is 0. The van der Waals surface area contributed by atoms with Gasteiger partial charge in [-0.15, -0.1) is 17.0 Å². The molecule has 0 aromatic carbocycles. The number of hydrogen-bond donors (Lipinski definition) is 2. The highest BCUT2D eigenvalue weighted by molar-refractivity contribution is 8.93. The molecule has 0 heterocycles. The predicted molar refractivity (Wildman–Crippen MR) is 30.4 cm³/mol. The normalized spacial score (nSPS) is 7.00. The maximum absolute atomic E-state index is 7.82. The monoisotopic (exact) mass is 155 g/mol. The SMILES string of the molecule is Br.CCCNO. The van der Waals surface area contributed by atoms with Crippen molar-refractivity contribution >= 4 is 17.0 Å². The van der Waals surface area contributed by atoms with E-state index < -0.39 is 0 Å². The zero-order valence-electron chi connectivity index (χ0n) is 3.77. The molecule has 40 valence electrons. The molecule has 0 atom stereocenters. The number of rotatable bonds is 2. The Kier molecular flexibility index (Phi) is 14.5. The van der Waals surface area contributed by atoms with Crippen LogP contribution in [0.4, 0.5) is 0 Å². The Morgan fingerprint density at radius 1 is 1.67 bits per heavy atom. The summed E-state index contributed by atoms with van der Waals surface area (Å²) in [5, 5.41) is 7.82. The summed E-state index contributed by atoms with van der Waals surface area (Å²) in [6.45, 7) is 2.68. The molecule has 0 aliphatic heterocycles. The minimum Gasteiger partial charge on any atom is -0.317 e. The Morgan fingerprint density at radius 3 is 2.17 bits per heavy atom. The molecule has 0 saturated carbocycles. The Labute approximate surface area is 48.3 Å². The van der Waals surface area contributed by atoms with Gasteiger partial charge in [0.1, 0.15) is 0 Å². The lowest BCUT2D eigenvalue weighted by molar-refractivity contribution is 0.167. The summed E-state index contributed by atoms with van der Waals surface area (Å²) in [6.07, 6.45) is 0.983. The largest absolute Gasteiger partial charge is 0.317 e. The second kappa shape index (κ2) is 9.04. The second-order valence-electron chi connectivity index (χ2n) is 0.908. The summed E-state index contributed by atoms with van der Waals surface area (Å²) in [5.41, 5.74) is 2.02. The highest BCUT2D eigenvalue weighted by atomic mass is 79.9. The summed E-state index contributed by atoms with van der Waals surface area (Å²) in [6, 6.07) is 0. The number of nitrogens with one attached hydrogen (secondary N) is 1. The van der Waals surface area contributed by atoms with E-state index in [0.29, 0.717) is 6.54 Å². The van der Waals surface area contributed by atoms with Crippen molar-refractivity contribution in [3.8, 4) is 0 Å². The maximum atomic E-state index is 7.82. The predicted octanol–water partition coefficient (Wildman–Crippen LogP) is 0.953. The fraction of sp³-hybridized carbons (Fsp3) is 1.00. The van der Waals surface area contributed by atoms with Crippen molar-refractivity contribution < 1.29 is 5.21 Å². The van der Waals surface area contributed by atoms with Gasteiger partial charge >= 0.3 is 0 Å². The molecule has 0 unspecified atom stereocenters. The zero-order chi connectivity index (χ0) is 4.12. The molecule has 0 aromatic heterocycles. The van der Waals surface area contributed by atoms with Gasteiger partial charge in [-0.1, -0.05) is 6.92 Å². The molecule has 0 aromatic rings. The molecule has 2 N–H and O–H groups in total. The fourth-order valence-electron chi connectivity index (χ4n) is 0.112. The lowest BCUT2D eigenvalue weighted by Crippen LogP contribution is -2.06. The van der Waals surface area contributed by atoms with Gasteiger partial charge in [0, 0.05) is 6.54 Å². The van der Waals surface area contributed by atoms with Gasteiger partial charge in [0.2, 0.25) is 0 Å². The van der Waals surface area contributed by atoms with Crippen LogP contribution in [0.3, 0.4) is 0 Å². The van der Waals surface area contributed by atoms with Crippen LogP contribution < -0.4 is 5.48 Å². The lowest BCUT2D eigenvalue weighted by atomic mass is 10.5. The van der Waals surface area contributed by atoms with E-state index in [4.69, 9.17) is 5.21 Å². The first-order chi connectivity index (χ1) is 2.41. The van der Waals surface area contributed by atoms with E-state index in [1.807, 2.05) is 12.4 Å². The average molecular weight is 156 g/mol. The summed E-state index contributed by atoms with van der Waals surface area (Å²) >= 11 is 0.